The highest BCUT2D eigenvalue weighted by Crippen LogP contribution is 2.27. The third kappa shape index (κ3) is 4.71. The average Bonchev–Trinajstić information content (AvgIpc) is 3.30. The number of carbonyl (C=O) groups excluding carboxylic acids is 2. The molecule has 2 amide bonds. The molecule has 0 bridgehead atoms. The van der Waals surface area contributed by atoms with Crippen molar-refractivity contribution in [3.05, 3.63) is 84.2 Å². The number of fused-ring (bicyclic) bond motifs is 1. The van der Waals surface area contributed by atoms with Gasteiger partial charge in [-0.1, -0.05) is 31.9 Å². The number of nitrogens with one attached hydrogen (secondary N) is 3. The third-order valence-corrected chi connectivity index (χ3v) is 6.69. The van der Waals surface area contributed by atoms with Crippen LogP contribution in [0.5, 0.6) is 0 Å². The van der Waals surface area contributed by atoms with E-state index < -0.39 is 0 Å². The number of pyridine rings is 1. The second-order valence-electron chi connectivity index (χ2n) is 9.10. The van der Waals surface area contributed by atoms with E-state index in [1.54, 1.807) is 24.5 Å². The fourth-order valence-corrected chi connectivity index (χ4v) is 4.65. The first kappa shape index (κ1) is 21.9. The molecule has 3 N–H and O–H groups in total. The molecule has 4 aromatic rings. The fourth-order valence-electron chi connectivity index (χ4n) is 4.65. The van der Waals surface area contributed by atoms with Gasteiger partial charge in [0.1, 0.15) is 0 Å². The smallest absolute Gasteiger partial charge is 0.257 e. The van der Waals surface area contributed by atoms with Crippen LogP contribution in [0.25, 0.3) is 22.2 Å². The van der Waals surface area contributed by atoms with Crippen molar-refractivity contribution in [2.24, 2.45) is 5.92 Å². The minimum absolute atomic E-state index is 0.00268. The van der Waals surface area contributed by atoms with Gasteiger partial charge in [0, 0.05) is 46.3 Å². The second kappa shape index (κ2) is 9.51. The van der Waals surface area contributed by atoms with Crippen molar-refractivity contribution in [1.29, 1.82) is 0 Å². The summed E-state index contributed by atoms with van der Waals surface area (Å²) < 4.78 is 0. The summed E-state index contributed by atoms with van der Waals surface area (Å²) >= 11 is 0. The number of H-pyrrole nitrogens is 1. The number of amides is 2. The van der Waals surface area contributed by atoms with Crippen LogP contribution < -0.4 is 10.6 Å². The summed E-state index contributed by atoms with van der Waals surface area (Å²) in [6.45, 7) is 2.22. The summed E-state index contributed by atoms with van der Waals surface area (Å²) in [5, 5.41) is 7.11. The van der Waals surface area contributed by atoms with Crippen LogP contribution in [0.15, 0.2) is 73.1 Å². The monoisotopic (exact) mass is 452 g/mol. The zero-order valence-corrected chi connectivity index (χ0v) is 19.2. The van der Waals surface area contributed by atoms with Gasteiger partial charge in [0.15, 0.2) is 0 Å². The molecule has 6 heteroatoms. The number of aromatic nitrogens is 2. The molecular formula is C28H28N4O2. The summed E-state index contributed by atoms with van der Waals surface area (Å²) in [7, 11) is 0. The van der Waals surface area contributed by atoms with E-state index in [1.165, 1.54) is 19.3 Å². The zero-order valence-electron chi connectivity index (χ0n) is 19.2. The first-order valence-electron chi connectivity index (χ1n) is 11.8. The Hall–Kier alpha value is -3.93. The lowest BCUT2D eigenvalue weighted by Gasteiger charge is -2.29. The highest BCUT2D eigenvalue weighted by molar-refractivity contribution is 6.04. The van der Waals surface area contributed by atoms with Crippen molar-refractivity contribution in [3.8, 4) is 11.3 Å². The highest BCUT2D eigenvalue weighted by atomic mass is 16.2. The van der Waals surface area contributed by atoms with E-state index in [0.29, 0.717) is 22.7 Å². The maximum absolute atomic E-state index is 12.8. The normalized spacial score (nSPS) is 17.9. The van der Waals surface area contributed by atoms with Gasteiger partial charge in [0.2, 0.25) is 0 Å². The molecule has 2 heterocycles. The maximum atomic E-state index is 12.8. The van der Waals surface area contributed by atoms with Crippen molar-refractivity contribution >= 4 is 28.4 Å². The summed E-state index contributed by atoms with van der Waals surface area (Å²) in [6, 6.07) is 19.2. The number of carbonyl (C=O) groups is 2. The number of anilines is 1. The topological polar surface area (TPSA) is 86.9 Å². The van der Waals surface area contributed by atoms with Gasteiger partial charge in [-0.25, -0.2) is 0 Å². The van der Waals surface area contributed by atoms with Gasteiger partial charge >= 0.3 is 0 Å². The molecule has 0 radical (unpaired) electrons. The quantitative estimate of drug-likeness (QED) is 0.358. The number of hydrogen-bond donors (Lipinski definition) is 3. The first-order valence-corrected chi connectivity index (χ1v) is 11.8. The van der Waals surface area contributed by atoms with Crippen molar-refractivity contribution in [2.45, 2.75) is 38.6 Å². The Kier molecular flexibility index (Phi) is 6.12. The van der Waals surface area contributed by atoms with Crippen LogP contribution in [-0.2, 0) is 0 Å². The van der Waals surface area contributed by atoms with Gasteiger partial charge in [-0.15, -0.1) is 0 Å². The number of hydrogen-bond acceptors (Lipinski definition) is 3. The summed E-state index contributed by atoms with van der Waals surface area (Å²) in [5.74, 6) is 0.328. The van der Waals surface area contributed by atoms with E-state index in [1.807, 2.05) is 42.5 Å². The van der Waals surface area contributed by atoms with Crippen LogP contribution in [0.1, 0.15) is 53.3 Å². The lowest BCUT2D eigenvalue weighted by atomic mass is 9.86. The van der Waals surface area contributed by atoms with E-state index in [4.69, 9.17) is 0 Å². The van der Waals surface area contributed by atoms with Crippen LogP contribution in [0.4, 0.5) is 5.69 Å². The summed E-state index contributed by atoms with van der Waals surface area (Å²) in [6.07, 6.45) is 7.85. The molecular weight excluding hydrogens is 424 g/mol. The van der Waals surface area contributed by atoms with E-state index in [-0.39, 0.29) is 17.9 Å². The Morgan fingerprint density at radius 3 is 2.53 bits per heavy atom. The van der Waals surface area contributed by atoms with Gasteiger partial charge in [-0.2, -0.15) is 0 Å². The van der Waals surface area contributed by atoms with Crippen LogP contribution in [-0.4, -0.2) is 27.8 Å². The van der Waals surface area contributed by atoms with Crippen LogP contribution in [0.2, 0.25) is 0 Å². The van der Waals surface area contributed by atoms with E-state index in [2.05, 4.69) is 33.6 Å². The molecule has 1 fully saturated rings. The van der Waals surface area contributed by atoms with Crippen LogP contribution in [0, 0.1) is 5.92 Å². The molecule has 2 atom stereocenters. The van der Waals surface area contributed by atoms with Crippen molar-refractivity contribution < 1.29 is 9.59 Å². The minimum atomic E-state index is -0.195. The number of rotatable bonds is 5. The van der Waals surface area contributed by atoms with Crippen LogP contribution >= 0.6 is 0 Å². The molecule has 0 saturated heterocycles. The van der Waals surface area contributed by atoms with E-state index >= 15 is 0 Å². The molecule has 2 aromatic carbocycles. The summed E-state index contributed by atoms with van der Waals surface area (Å²) in [5.41, 5.74) is 4.84. The SMILES string of the molecule is CC1CCCCC1NC(=O)c1ccc2[nH]c(-c3ccc(NC(=O)c4cccnc4)cc3)cc2c1. The molecule has 1 aliphatic carbocycles. The molecule has 2 unspecified atom stereocenters. The lowest BCUT2D eigenvalue weighted by molar-refractivity contribution is 0.0910. The largest absolute Gasteiger partial charge is 0.355 e. The maximum Gasteiger partial charge on any atom is 0.257 e. The van der Waals surface area contributed by atoms with Gasteiger partial charge in [0.05, 0.1) is 5.56 Å². The Morgan fingerprint density at radius 1 is 0.941 bits per heavy atom. The molecule has 172 valence electrons. The van der Waals surface area contributed by atoms with Gasteiger partial charge in [-0.05, 0) is 72.9 Å². The van der Waals surface area contributed by atoms with Crippen LogP contribution in [0.3, 0.4) is 0 Å². The molecule has 5 rings (SSSR count). The van der Waals surface area contributed by atoms with Crippen molar-refractivity contribution in [2.75, 3.05) is 5.32 Å². The Morgan fingerprint density at radius 2 is 1.76 bits per heavy atom. The fraction of sp³-hybridized carbons (Fsp3) is 0.250. The Labute approximate surface area is 198 Å². The lowest BCUT2D eigenvalue weighted by Crippen LogP contribution is -2.41. The second-order valence-corrected chi connectivity index (χ2v) is 9.10. The molecule has 0 aliphatic heterocycles. The van der Waals surface area contributed by atoms with E-state index in [9.17, 15) is 9.59 Å². The first-order chi connectivity index (χ1) is 16.6. The minimum Gasteiger partial charge on any atom is -0.355 e. The van der Waals surface area contributed by atoms with Gasteiger partial charge < -0.3 is 15.6 Å². The molecule has 1 aliphatic rings. The molecule has 0 spiro atoms. The predicted octanol–water partition coefficient (Wildman–Crippen LogP) is 5.79. The Balaban J connectivity index is 1.29. The Bertz CT molecular complexity index is 1310. The van der Waals surface area contributed by atoms with E-state index in [0.717, 1.165) is 28.6 Å². The molecule has 2 aromatic heterocycles. The average molecular weight is 453 g/mol. The van der Waals surface area contributed by atoms with Gasteiger partial charge in [-0.3, -0.25) is 14.6 Å². The molecule has 34 heavy (non-hydrogen) atoms. The highest BCUT2D eigenvalue weighted by Gasteiger charge is 2.23. The molecule has 6 nitrogen and oxygen atoms in total. The molecule has 1 saturated carbocycles. The van der Waals surface area contributed by atoms with Crippen molar-refractivity contribution in [3.63, 3.8) is 0 Å². The number of benzene rings is 2. The number of aromatic amines is 1. The standard InChI is InChI=1S/C28H28N4O2/c1-18-5-2-3-7-24(18)32-27(33)20-10-13-25-22(15-20)16-26(31-25)19-8-11-23(12-9-19)30-28(34)21-6-4-14-29-17-21/h4,6,8-18,24,31H,2-3,5,7H2,1H3,(H,30,34)(H,32,33). The van der Waals surface area contributed by atoms with Gasteiger partial charge in [0.25, 0.3) is 11.8 Å². The summed E-state index contributed by atoms with van der Waals surface area (Å²) in [4.78, 5) is 32.6. The predicted molar refractivity (Wildman–Crippen MR) is 135 cm³/mol. The third-order valence-electron chi connectivity index (χ3n) is 6.69. The van der Waals surface area contributed by atoms with Crippen molar-refractivity contribution in [1.82, 2.24) is 15.3 Å². The number of nitrogens with zero attached hydrogens (tertiary/aromatic N) is 1. The zero-order chi connectivity index (χ0) is 23.5.